The topological polar surface area (TPSA) is 57.5 Å². The van der Waals surface area contributed by atoms with Gasteiger partial charge in [0.2, 0.25) is 0 Å². The van der Waals surface area contributed by atoms with Gasteiger partial charge in [-0.05, 0) is 68.3 Å². The van der Waals surface area contributed by atoms with Gasteiger partial charge in [0.15, 0.2) is 0 Å². The van der Waals surface area contributed by atoms with E-state index in [1.165, 1.54) is 6.42 Å². The molecule has 1 fully saturated rings. The molecule has 30 heavy (non-hydrogen) atoms. The van der Waals surface area contributed by atoms with Gasteiger partial charge in [-0.25, -0.2) is 5.01 Å². The maximum Gasteiger partial charge on any atom is 0.267 e. The van der Waals surface area contributed by atoms with Crippen LogP contribution >= 0.6 is 23.2 Å². The third kappa shape index (κ3) is 4.19. The lowest BCUT2D eigenvalue weighted by Gasteiger charge is -2.26. The summed E-state index contributed by atoms with van der Waals surface area (Å²) in [5, 5.41) is 12.7. The minimum Gasteiger partial charge on any atom is -0.508 e. The number of phenols is 1. The minimum absolute atomic E-state index is 0.140. The molecule has 3 aromatic rings. The second-order valence-corrected chi connectivity index (χ2v) is 8.34. The number of hydrogen-bond donors (Lipinski definition) is 2. The Bertz CT molecular complexity index is 1070. The Morgan fingerprint density at radius 3 is 2.37 bits per heavy atom. The van der Waals surface area contributed by atoms with Gasteiger partial charge in [0.1, 0.15) is 5.75 Å². The van der Waals surface area contributed by atoms with Crippen molar-refractivity contribution in [3.05, 3.63) is 69.8 Å². The number of nitrogens with zero attached hydrogens (tertiary/aromatic N) is 2. The number of hydrazine groups is 1. The summed E-state index contributed by atoms with van der Waals surface area (Å²) in [6, 6.07) is 14.0. The fourth-order valence-corrected chi connectivity index (χ4v) is 4.38. The first-order chi connectivity index (χ1) is 14.4. The SMILES string of the molecule is Cc1c(C(=O)NN2CCCCC2)cc(-c2ccc(Cl)cc2Cl)n1-c1ccc(O)cc1. The highest BCUT2D eigenvalue weighted by molar-refractivity contribution is 6.36. The number of halogens is 2. The lowest BCUT2D eigenvalue weighted by Crippen LogP contribution is -2.45. The van der Waals surface area contributed by atoms with Crippen LogP contribution in [0.3, 0.4) is 0 Å². The monoisotopic (exact) mass is 443 g/mol. The largest absolute Gasteiger partial charge is 0.508 e. The van der Waals surface area contributed by atoms with Crippen molar-refractivity contribution < 1.29 is 9.90 Å². The first-order valence-electron chi connectivity index (χ1n) is 9.97. The predicted octanol–water partition coefficient (Wildman–Crippen LogP) is 5.60. The molecule has 0 saturated carbocycles. The molecule has 1 saturated heterocycles. The van der Waals surface area contributed by atoms with Gasteiger partial charge in [0, 0.05) is 35.1 Å². The molecule has 4 rings (SSSR count). The van der Waals surface area contributed by atoms with E-state index in [2.05, 4.69) is 5.43 Å². The second kappa shape index (κ2) is 8.72. The molecule has 1 amide bonds. The maximum atomic E-state index is 13.1. The van der Waals surface area contributed by atoms with Crippen LogP contribution in [0.1, 0.15) is 35.3 Å². The van der Waals surface area contributed by atoms with E-state index in [1.807, 2.05) is 40.8 Å². The van der Waals surface area contributed by atoms with Crippen molar-refractivity contribution >= 4 is 29.1 Å². The molecule has 0 radical (unpaired) electrons. The Morgan fingerprint density at radius 2 is 1.70 bits per heavy atom. The van der Waals surface area contributed by atoms with E-state index in [1.54, 1.807) is 24.3 Å². The number of piperidine rings is 1. The Hall–Kier alpha value is -2.47. The number of carbonyl (C=O) groups is 1. The van der Waals surface area contributed by atoms with E-state index in [0.717, 1.165) is 48.6 Å². The molecule has 2 aromatic carbocycles. The lowest BCUT2D eigenvalue weighted by molar-refractivity contribution is 0.0749. The van der Waals surface area contributed by atoms with Crippen molar-refractivity contribution in [2.45, 2.75) is 26.2 Å². The third-order valence-corrected chi connectivity index (χ3v) is 5.97. The van der Waals surface area contributed by atoms with E-state index in [4.69, 9.17) is 23.2 Å². The van der Waals surface area contributed by atoms with Gasteiger partial charge in [-0.15, -0.1) is 0 Å². The molecule has 2 N–H and O–H groups in total. The van der Waals surface area contributed by atoms with Crippen LogP contribution in [-0.4, -0.2) is 33.7 Å². The molecule has 0 unspecified atom stereocenters. The zero-order chi connectivity index (χ0) is 21.3. The van der Waals surface area contributed by atoms with Crippen LogP contribution in [0.2, 0.25) is 10.0 Å². The number of hydrogen-bond acceptors (Lipinski definition) is 3. The molecule has 5 nitrogen and oxygen atoms in total. The number of amides is 1. The van der Waals surface area contributed by atoms with E-state index >= 15 is 0 Å². The molecule has 0 atom stereocenters. The third-order valence-electron chi connectivity index (χ3n) is 5.42. The molecule has 2 heterocycles. The molecule has 1 aliphatic heterocycles. The quantitative estimate of drug-likeness (QED) is 0.551. The van der Waals surface area contributed by atoms with Crippen LogP contribution in [0.25, 0.3) is 16.9 Å². The van der Waals surface area contributed by atoms with Crippen LogP contribution < -0.4 is 5.43 Å². The van der Waals surface area contributed by atoms with Gasteiger partial charge < -0.3 is 9.67 Å². The summed E-state index contributed by atoms with van der Waals surface area (Å²) >= 11 is 12.6. The molecule has 0 spiro atoms. The molecular weight excluding hydrogens is 421 g/mol. The first-order valence-corrected chi connectivity index (χ1v) is 10.7. The van der Waals surface area contributed by atoms with Gasteiger partial charge in [0.25, 0.3) is 5.91 Å². The molecular formula is C23H23Cl2N3O2. The number of rotatable bonds is 4. The number of benzene rings is 2. The summed E-state index contributed by atoms with van der Waals surface area (Å²) in [4.78, 5) is 13.1. The van der Waals surface area contributed by atoms with Crippen LogP contribution in [0.15, 0.2) is 48.5 Å². The average molecular weight is 444 g/mol. The van der Waals surface area contributed by atoms with Crippen molar-refractivity contribution in [2.75, 3.05) is 13.1 Å². The van der Waals surface area contributed by atoms with Gasteiger partial charge in [-0.3, -0.25) is 10.2 Å². The van der Waals surface area contributed by atoms with Crippen molar-refractivity contribution in [1.82, 2.24) is 15.0 Å². The molecule has 1 aromatic heterocycles. The summed E-state index contributed by atoms with van der Waals surface area (Å²) in [5.41, 5.74) is 6.78. The maximum absolute atomic E-state index is 13.1. The normalized spacial score (nSPS) is 14.6. The van der Waals surface area contributed by atoms with E-state index in [9.17, 15) is 9.90 Å². The number of nitrogens with one attached hydrogen (secondary N) is 1. The standard InChI is InChI=1S/C23H23Cl2N3O2/c1-15-20(23(30)26-27-11-3-2-4-12-27)14-22(19-10-5-16(24)13-21(19)25)28(15)17-6-8-18(29)9-7-17/h5-10,13-14,29H,2-4,11-12H2,1H3,(H,26,30). The summed E-state index contributed by atoms with van der Waals surface area (Å²) in [7, 11) is 0. The highest BCUT2D eigenvalue weighted by atomic mass is 35.5. The fourth-order valence-electron chi connectivity index (χ4n) is 3.88. The van der Waals surface area contributed by atoms with Gasteiger partial charge in [0.05, 0.1) is 16.3 Å². The Kier molecular flexibility index (Phi) is 6.04. The molecule has 1 aliphatic rings. The highest BCUT2D eigenvalue weighted by Gasteiger charge is 2.23. The van der Waals surface area contributed by atoms with E-state index in [0.29, 0.717) is 15.6 Å². The fraction of sp³-hybridized carbons (Fsp3) is 0.261. The number of carbonyl (C=O) groups excluding carboxylic acids is 1. The summed E-state index contributed by atoms with van der Waals surface area (Å²) in [5.74, 6) is 0.0379. The van der Waals surface area contributed by atoms with Crippen LogP contribution in [0, 0.1) is 6.92 Å². The van der Waals surface area contributed by atoms with Crippen molar-refractivity contribution in [1.29, 1.82) is 0 Å². The Balaban J connectivity index is 1.80. The molecule has 0 aliphatic carbocycles. The number of aromatic hydroxyl groups is 1. The summed E-state index contributed by atoms with van der Waals surface area (Å²) in [6.45, 7) is 3.63. The lowest BCUT2D eigenvalue weighted by atomic mass is 10.1. The van der Waals surface area contributed by atoms with Crippen LogP contribution in [-0.2, 0) is 0 Å². The number of phenolic OH excluding ortho intramolecular Hbond substituents is 1. The minimum atomic E-state index is -0.140. The van der Waals surface area contributed by atoms with Crippen molar-refractivity contribution in [3.63, 3.8) is 0 Å². The van der Waals surface area contributed by atoms with E-state index < -0.39 is 0 Å². The van der Waals surface area contributed by atoms with E-state index in [-0.39, 0.29) is 11.7 Å². The van der Waals surface area contributed by atoms with Crippen LogP contribution in [0.5, 0.6) is 5.75 Å². The second-order valence-electron chi connectivity index (χ2n) is 7.49. The highest BCUT2D eigenvalue weighted by Crippen LogP contribution is 2.35. The average Bonchev–Trinajstić information content (AvgIpc) is 3.06. The predicted molar refractivity (Wildman–Crippen MR) is 121 cm³/mol. The first kappa shape index (κ1) is 20.8. The van der Waals surface area contributed by atoms with Gasteiger partial charge in [-0.1, -0.05) is 29.6 Å². The summed E-state index contributed by atoms with van der Waals surface area (Å²) in [6.07, 6.45) is 3.36. The zero-order valence-corrected chi connectivity index (χ0v) is 18.2. The zero-order valence-electron chi connectivity index (χ0n) is 16.7. The number of aromatic nitrogens is 1. The van der Waals surface area contributed by atoms with Crippen molar-refractivity contribution in [3.8, 4) is 22.7 Å². The molecule has 0 bridgehead atoms. The van der Waals surface area contributed by atoms with Crippen LogP contribution in [0.4, 0.5) is 0 Å². The molecule has 7 heteroatoms. The molecule has 156 valence electrons. The Labute approximate surface area is 185 Å². The van der Waals surface area contributed by atoms with Gasteiger partial charge >= 0.3 is 0 Å². The van der Waals surface area contributed by atoms with Crippen molar-refractivity contribution in [2.24, 2.45) is 0 Å². The summed E-state index contributed by atoms with van der Waals surface area (Å²) < 4.78 is 1.97. The Morgan fingerprint density at radius 1 is 1.00 bits per heavy atom. The van der Waals surface area contributed by atoms with Gasteiger partial charge in [-0.2, -0.15) is 0 Å². The smallest absolute Gasteiger partial charge is 0.267 e.